The van der Waals surface area contributed by atoms with Crippen molar-refractivity contribution < 1.29 is 20.1 Å². The highest BCUT2D eigenvalue weighted by molar-refractivity contribution is 8.00. The predicted octanol–water partition coefficient (Wildman–Crippen LogP) is -1.08. The van der Waals surface area contributed by atoms with Crippen LogP contribution in [0.4, 0.5) is 0 Å². The zero-order chi connectivity index (χ0) is 14.0. The molecule has 6 unspecified atom stereocenters. The molecule has 0 aromatic carbocycles. The number of nitrogens with one attached hydrogen (secondary N) is 1. The van der Waals surface area contributed by atoms with Gasteiger partial charge in [-0.25, -0.2) is 0 Å². The van der Waals surface area contributed by atoms with Crippen molar-refractivity contribution in [2.24, 2.45) is 0 Å². The van der Waals surface area contributed by atoms with Gasteiger partial charge in [-0.05, 0) is 13.5 Å². The van der Waals surface area contributed by atoms with E-state index in [1.807, 2.05) is 11.9 Å². The van der Waals surface area contributed by atoms with Crippen LogP contribution in [-0.4, -0.2) is 75.7 Å². The van der Waals surface area contributed by atoms with Gasteiger partial charge in [0, 0.05) is 13.2 Å². The van der Waals surface area contributed by atoms with Crippen LogP contribution in [0.3, 0.4) is 0 Å². The maximum Gasteiger partial charge on any atom is 0.124 e. The van der Waals surface area contributed by atoms with E-state index < -0.39 is 18.3 Å². The molecule has 6 atom stereocenters. The van der Waals surface area contributed by atoms with Crippen molar-refractivity contribution in [1.29, 1.82) is 0 Å². The molecular weight excluding hydrogens is 268 g/mol. The summed E-state index contributed by atoms with van der Waals surface area (Å²) in [5.74, 6) is 0. The molecule has 2 aliphatic heterocycles. The molecule has 110 valence electrons. The number of nitrogens with zero attached hydrogens (tertiary/aromatic N) is 1. The molecule has 19 heavy (non-hydrogen) atoms. The Bertz CT molecular complexity index is 320. The minimum absolute atomic E-state index is 0.0164. The number of hydrogen-bond acceptors (Lipinski definition) is 7. The van der Waals surface area contributed by atoms with Crippen molar-refractivity contribution in [1.82, 2.24) is 10.2 Å². The lowest BCUT2D eigenvalue weighted by molar-refractivity contribution is -0.178. The third kappa shape index (κ3) is 2.97. The van der Waals surface area contributed by atoms with Gasteiger partial charge in [0.2, 0.25) is 0 Å². The normalized spacial score (nSPS) is 43.2. The molecule has 0 bridgehead atoms. The van der Waals surface area contributed by atoms with E-state index in [9.17, 15) is 10.2 Å². The molecule has 2 heterocycles. The van der Waals surface area contributed by atoms with E-state index in [-0.39, 0.29) is 23.6 Å². The minimum Gasteiger partial charge on any atom is -0.396 e. The van der Waals surface area contributed by atoms with E-state index in [1.54, 1.807) is 17.8 Å². The van der Waals surface area contributed by atoms with E-state index in [0.29, 0.717) is 13.0 Å². The van der Waals surface area contributed by atoms with Gasteiger partial charge in [-0.3, -0.25) is 10.2 Å². The SMILES string of the molecule is C=CCNC1SC2OC(CCO)C(O)C(O)C2N1C. The Labute approximate surface area is 117 Å². The summed E-state index contributed by atoms with van der Waals surface area (Å²) in [5.41, 5.74) is -0.190. The molecule has 0 saturated carbocycles. The van der Waals surface area contributed by atoms with Gasteiger partial charge in [0.05, 0.1) is 12.1 Å². The Morgan fingerprint density at radius 2 is 2.16 bits per heavy atom. The van der Waals surface area contributed by atoms with Gasteiger partial charge in [0.1, 0.15) is 23.1 Å². The topological polar surface area (TPSA) is 85.2 Å². The molecule has 6 nitrogen and oxygen atoms in total. The second kappa shape index (κ2) is 6.53. The monoisotopic (exact) mass is 290 g/mol. The van der Waals surface area contributed by atoms with Gasteiger partial charge in [-0.1, -0.05) is 17.8 Å². The first-order valence-corrected chi connectivity index (χ1v) is 7.38. The maximum atomic E-state index is 10.2. The number of aliphatic hydroxyl groups is 3. The molecule has 2 fully saturated rings. The van der Waals surface area contributed by atoms with Gasteiger partial charge in [-0.15, -0.1) is 6.58 Å². The molecule has 2 aliphatic rings. The Morgan fingerprint density at radius 3 is 2.79 bits per heavy atom. The standard InChI is InChI=1S/C12H22N2O4S/c1-3-5-13-12-14(2)8-10(17)9(16)7(4-6-15)18-11(8)19-12/h3,7-13,15-17H,1,4-6H2,2H3. The number of rotatable bonds is 5. The molecule has 2 rings (SSSR count). The third-order valence-electron chi connectivity index (χ3n) is 3.62. The van der Waals surface area contributed by atoms with Gasteiger partial charge in [0.25, 0.3) is 0 Å². The summed E-state index contributed by atoms with van der Waals surface area (Å²) in [7, 11) is 1.89. The minimum atomic E-state index is -0.963. The quantitative estimate of drug-likeness (QED) is 0.479. The second-order valence-corrected chi connectivity index (χ2v) is 6.06. The lowest BCUT2D eigenvalue weighted by Gasteiger charge is -2.41. The fourth-order valence-electron chi connectivity index (χ4n) is 2.58. The van der Waals surface area contributed by atoms with E-state index in [2.05, 4.69) is 11.9 Å². The first-order valence-electron chi connectivity index (χ1n) is 6.44. The smallest absolute Gasteiger partial charge is 0.124 e. The number of fused-ring (bicyclic) bond motifs is 1. The zero-order valence-electron chi connectivity index (χ0n) is 11.0. The maximum absolute atomic E-state index is 10.2. The van der Waals surface area contributed by atoms with Crippen molar-refractivity contribution in [2.45, 2.75) is 41.7 Å². The summed E-state index contributed by atoms with van der Waals surface area (Å²) in [6.45, 7) is 4.26. The highest BCUT2D eigenvalue weighted by Gasteiger charge is 2.52. The van der Waals surface area contributed by atoms with Crippen LogP contribution in [0.15, 0.2) is 12.7 Å². The number of ether oxygens (including phenoxy) is 1. The van der Waals surface area contributed by atoms with Crippen molar-refractivity contribution >= 4 is 11.8 Å². The highest BCUT2D eigenvalue weighted by Crippen LogP contribution is 2.40. The fourth-order valence-corrected chi connectivity index (χ4v) is 4.08. The van der Waals surface area contributed by atoms with Crippen molar-refractivity contribution in [3.05, 3.63) is 12.7 Å². The van der Waals surface area contributed by atoms with Gasteiger partial charge in [0.15, 0.2) is 0 Å². The summed E-state index contributed by atoms with van der Waals surface area (Å²) in [6, 6.07) is -0.253. The van der Waals surface area contributed by atoms with Gasteiger partial charge in [-0.2, -0.15) is 0 Å². The molecule has 0 aromatic rings. The number of aliphatic hydroxyl groups excluding tert-OH is 3. The Balaban J connectivity index is 2.05. The summed E-state index contributed by atoms with van der Waals surface area (Å²) in [5, 5.41) is 32.5. The van der Waals surface area contributed by atoms with Crippen molar-refractivity contribution in [3.8, 4) is 0 Å². The van der Waals surface area contributed by atoms with Gasteiger partial charge >= 0.3 is 0 Å². The van der Waals surface area contributed by atoms with E-state index in [4.69, 9.17) is 9.84 Å². The Hall–Kier alpha value is -0.150. The van der Waals surface area contributed by atoms with Crippen LogP contribution < -0.4 is 5.32 Å². The van der Waals surface area contributed by atoms with Crippen molar-refractivity contribution in [2.75, 3.05) is 20.2 Å². The van der Waals surface area contributed by atoms with Gasteiger partial charge < -0.3 is 20.1 Å². The van der Waals surface area contributed by atoms with E-state index >= 15 is 0 Å². The number of hydrogen-bond donors (Lipinski definition) is 4. The molecule has 0 aliphatic carbocycles. The molecular formula is C12H22N2O4S. The van der Waals surface area contributed by atoms with Crippen LogP contribution in [0.5, 0.6) is 0 Å². The summed E-state index contributed by atoms with van der Waals surface area (Å²) in [4.78, 5) is 1.97. The highest BCUT2D eigenvalue weighted by atomic mass is 32.2. The first kappa shape index (κ1) is 15.2. The zero-order valence-corrected chi connectivity index (χ0v) is 11.8. The summed E-state index contributed by atoms with van der Waals surface area (Å²) < 4.78 is 5.80. The average Bonchev–Trinajstić information content (AvgIpc) is 2.70. The summed E-state index contributed by atoms with van der Waals surface area (Å²) >= 11 is 1.57. The lowest BCUT2D eigenvalue weighted by Crippen LogP contribution is -2.59. The predicted molar refractivity (Wildman–Crippen MR) is 73.5 cm³/mol. The Morgan fingerprint density at radius 1 is 1.42 bits per heavy atom. The van der Waals surface area contributed by atoms with Crippen LogP contribution in [0.1, 0.15) is 6.42 Å². The number of likely N-dealkylation sites (N-methyl/N-ethyl adjacent to an activating group) is 1. The van der Waals surface area contributed by atoms with Crippen molar-refractivity contribution in [3.63, 3.8) is 0 Å². The molecule has 4 N–H and O–H groups in total. The lowest BCUT2D eigenvalue weighted by atomic mass is 9.95. The van der Waals surface area contributed by atoms with E-state index in [1.165, 1.54) is 0 Å². The Kier molecular flexibility index (Phi) is 5.24. The van der Waals surface area contributed by atoms with Crippen LogP contribution in [0, 0.1) is 0 Å². The summed E-state index contributed by atoms with van der Waals surface area (Å²) in [6.07, 6.45) is -0.244. The molecule has 7 heteroatoms. The van der Waals surface area contributed by atoms with E-state index in [0.717, 1.165) is 0 Å². The molecule has 0 spiro atoms. The number of thioether (sulfide) groups is 1. The fraction of sp³-hybridized carbons (Fsp3) is 0.833. The molecule has 0 radical (unpaired) electrons. The molecule has 0 aromatic heterocycles. The van der Waals surface area contributed by atoms with Crippen LogP contribution >= 0.6 is 11.8 Å². The van der Waals surface area contributed by atoms with Crippen LogP contribution in [0.2, 0.25) is 0 Å². The third-order valence-corrected chi connectivity index (χ3v) is 5.04. The largest absolute Gasteiger partial charge is 0.396 e. The first-order chi connectivity index (χ1) is 9.10. The molecule has 2 saturated heterocycles. The van der Waals surface area contributed by atoms with Crippen LogP contribution in [-0.2, 0) is 4.74 Å². The average molecular weight is 290 g/mol. The van der Waals surface area contributed by atoms with Crippen LogP contribution in [0.25, 0.3) is 0 Å². The molecule has 0 amide bonds. The second-order valence-electron chi connectivity index (χ2n) is 4.88.